The summed E-state index contributed by atoms with van der Waals surface area (Å²) in [6.07, 6.45) is 1.37. The van der Waals surface area contributed by atoms with Crippen molar-refractivity contribution in [2.75, 3.05) is 0 Å². The number of aliphatic hydroxyl groups is 1. The van der Waals surface area contributed by atoms with Crippen LogP contribution in [0.4, 0.5) is 0 Å². The Bertz CT molecular complexity index is 479. The Hall–Kier alpha value is -0.390. The SMILES string of the molecule is Cc1cccc(C(O)CCc2ccsc2)c1I. The van der Waals surface area contributed by atoms with E-state index in [0.29, 0.717) is 0 Å². The van der Waals surface area contributed by atoms with Gasteiger partial charge in [0.15, 0.2) is 0 Å². The highest BCUT2D eigenvalue weighted by molar-refractivity contribution is 14.1. The van der Waals surface area contributed by atoms with Gasteiger partial charge in [0.2, 0.25) is 0 Å². The number of aryl methyl sites for hydroxylation is 2. The molecule has 1 aromatic heterocycles. The van der Waals surface area contributed by atoms with Crippen LogP contribution in [0.2, 0.25) is 0 Å². The van der Waals surface area contributed by atoms with E-state index in [4.69, 9.17) is 0 Å². The number of rotatable bonds is 4. The van der Waals surface area contributed by atoms with Gasteiger partial charge in [-0.1, -0.05) is 18.2 Å². The van der Waals surface area contributed by atoms with Gasteiger partial charge in [-0.15, -0.1) is 0 Å². The van der Waals surface area contributed by atoms with Crippen LogP contribution in [0.25, 0.3) is 0 Å². The van der Waals surface area contributed by atoms with Gasteiger partial charge in [-0.3, -0.25) is 0 Å². The first kappa shape index (κ1) is 13.1. The minimum Gasteiger partial charge on any atom is -0.388 e. The molecule has 1 aromatic carbocycles. The lowest BCUT2D eigenvalue weighted by Crippen LogP contribution is -2.02. The average Bonchev–Trinajstić information content (AvgIpc) is 2.82. The molecule has 1 heterocycles. The van der Waals surface area contributed by atoms with Crippen LogP contribution < -0.4 is 0 Å². The maximum absolute atomic E-state index is 10.2. The summed E-state index contributed by atoms with van der Waals surface area (Å²) in [7, 11) is 0. The van der Waals surface area contributed by atoms with E-state index in [0.717, 1.165) is 18.4 Å². The molecule has 0 bridgehead atoms. The number of aliphatic hydroxyl groups excluding tert-OH is 1. The molecular weight excluding hydrogens is 343 g/mol. The molecule has 0 amide bonds. The normalized spacial score (nSPS) is 12.6. The molecule has 1 unspecified atom stereocenters. The van der Waals surface area contributed by atoms with Crippen LogP contribution in [0, 0.1) is 10.5 Å². The average molecular weight is 358 g/mol. The lowest BCUT2D eigenvalue weighted by atomic mass is 10.0. The highest BCUT2D eigenvalue weighted by Gasteiger charge is 2.12. The molecule has 0 spiro atoms. The summed E-state index contributed by atoms with van der Waals surface area (Å²) in [5.41, 5.74) is 3.61. The van der Waals surface area contributed by atoms with Gasteiger partial charge in [-0.2, -0.15) is 11.3 Å². The fourth-order valence-electron chi connectivity index (χ4n) is 1.82. The first-order chi connectivity index (χ1) is 8.18. The smallest absolute Gasteiger partial charge is 0.0803 e. The molecule has 2 rings (SSSR count). The maximum Gasteiger partial charge on any atom is 0.0803 e. The summed E-state index contributed by atoms with van der Waals surface area (Å²) in [5, 5.41) is 14.5. The highest BCUT2D eigenvalue weighted by atomic mass is 127. The first-order valence-electron chi connectivity index (χ1n) is 5.62. The quantitative estimate of drug-likeness (QED) is 0.807. The number of hydrogen-bond donors (Lipinski definition) is 1. The molecule has 1 atom stereocenters. The maximum atomic E-state index is 10.2. The van der Waals surface area contributed by atoms with Gasteiger partial charge in [0.05, 0.1) is 6.10 Å². The van der Waals surface area contributed by atoms with Crippen molar-refractivity contribution >= 4 is 33.9 Å². The molecule has 1 N–H and O–H groups in total. The predicted molar refractivity (Wildman–Crippen MR) is 81.5 cm³/mol. The number of benzene rings is 1. The van der Waals surface area contributed by atoms with Crippen molar-refractivity contribution in [2.45, 2.75) is 25.9 Å². The molecule has 0 fully saturated rings. The minimum atomic E-state index is -0.360. The van der Waals surface area contributed by atoms with Gasteiger partial charge in [0, 0.05) is 3.57 Å². The Morgan fingerprint density at radius 3 is 2.88 bits per heavy atom. The third-order valence-corrected chi connectivity index (χ3v) is 5.07. The summed E-state index contributed by atoms with van der Waals surface area (Å²) in [6.45, 7) is 2.08. The Morgan fingerprint density at radius 1 is 1.35 bits per heavy atom. The molecule has 17 heavy (non-hydrogen) atoms. The standard InChI is InChI=1S/C14H15IOS/c1-10-3-2-4-12(14(10)15)13(16)6-5-11-7-8-17-9-11/h2-4,7-9,13,16H,5-6H2,1H3. The molecule has 0 aliphatic carbocycles. The van der Waals surface area contributed by atoms with Crippen molar-refractivity contribution in [3.63, 3.8) is 0 Å². The predicted octanol–water partition coefficient (Wildman–Crippen LogP) is 4.33. The molecule has 90 valence electrons. The molecule has 1 nitrogen and oxygen atoms in total. The van der Waals surface area contributed by atoms with Gasteiger partial charge in [-0.25, -0.2) is 0 Å². The van der Waals surface area contributed by atoms with E-state index in [1.54, 1.807) is 11.3 Å². The summed E-state index contributed by atoms with van der Waals surface area (Å²) in [6, 6.07) is 8.24. The van der Waals surface area contributed by atoms with Crippen LogP contribution in [0.5, 0.6) is 0 Å². The van der Waals surface area contributed by atoms with Crippen molar-refractivity contribution < 1.29 is 5.11 Å². The van der Waals surface area contributed by atoms with E-state index in [1.807, 2.05) is 12.1 Å². The third kappa shape index (κ3) is 3.30. The van der Waals surface area contributed by atoms with Crippen LogP contribution in [0.15, 0.2) is 35.0 Å². The zero-order chi connectivity index (χ0) is 12.3. The van der Waals surface area contributed by atoms with Crippen molar-refractivity contribution in [1.29, 1.82) is 0 Å². The second-order valence-corrected chi connectivity index (χ2v) is 6.02. The monoisotopic (exact) mass is 358 g/mol. The number of halogens is 1. The van der Waals surface area contributed by atoms with Gasteiger partial charge in [-0.05, 0) is 75.9 Å². The van der Waals surface area contributed by atoms with Gasteiger partial charge >= 0.3 is 0 Å². The van der Waals surface area contributed by atoms with Crippen molar-refractivity contribution in [2.24, 2.45) is 0 Å². The van der Waals surface area contributed by atoms with E-state index < -0.39 is 0 Å². The minimum absolute atomic E-state index is 0.360. The fourth-order valence-corrected chi connectivity index (χ4v) is 3.24. The summed E-state index contributed by atoms with van der Waals surface area (Å²) < 4.78 is 1.18. The van der Waals surface area contributed by atoms with Crippen molar-refractivity contribution in [3.05, 3.63) is 55.3 Å². The largest absolute Gasteiger partial charge is 0.388 e. The van der Waals surface area contributed by atoms with Gasteiger partial charge < -0.3 is 5.11 Å². The third-order valence-electron chi connectivity index (χ3n) is 2.87. The van der Waals surface area contributed by atoms with Crippen molar-refractivity contribution in [1.82, 2.24) is 0 Å². The van der Waals surface area contributed by atoms with Gasteiger partial charge in [0.25, 0.3) is 0 Å². The van der Waals surface area contributed by atoms with Crippen LogP contribution in [-0.2, 0) is 6.42 Å². The number of thiophene rings is 1. The summed E-state index contributed by atoms with van der Waals surface area (Å²) in [5.74, 6) is 0. The van der Waals surface area contributed by atoms with E-state index in [2.05, 4.69) is 52.4 Å². The lowest BCUT2D eigenvalue weighted by molar-refractivity contribution is 0.167. The number of hydrogen-bond acceptors (Lipinski definition) is 2. The summed E-state index contributed by atoms with van der Waals surface area (Å²) in [4.78, 5) is 0. The fraction of sp³-hybridized carbons (Fsp3) is 0.286. The molecule has 0 aliphatic rings. The Kier molecular flexibility index (Phi) is 4.59. The van der Waals surface area contributed by atoms with Gasteiger partial charge in [0.1, 0.15) is 0 Å². The van der Waals surface area contributed by atoms with E-state index >= 15 is 0 Å². The van der Waals surface area contributed by atoms with Crippen LogP contribution in [0.3, 0.4) is 0 Å². The molecular formula is C14H15IOS. The second kappa shape index (κ2) is 5.98. The molecule has 3 heteroatoms. The van der Waals surface area contributed by atoms with Crippen LogP contribution >= 0.6 is 33.9 Å². The van der Waals surface area contributed by atoms with Crippen LogP contribution in [0.1, 0.15) is 29.2 Å². The lowest BCUT2D eigenvalue weighted by Gasteiger charge is -2.13. The molecule has 0 saturated carbocycles. The zero-order valence-corrected chi connectivity index (χ0v) is 12.7. The second-order valence-electron chi connectivity index (χ2n) is 4.16. The molecule has 0 saturated heterocycles. The molecule has 0 aliphatic heterocycles. The topological polar surface area (TPSA) is 20.2 Å². The zero-order valence-electron chi connectivity index (χ0n) is 9.69. The summed E-state index contributed by atoms with van der Waals surface area (Å²) >= 11 is 4.02. The molecule has 2 aromatic rings. The Morgan fingerprint density at radius 2 is 2.18 bits per heavy atom. The van der Waals surface area contributed by atoms with Crippen molar-refractivity contribution in [3.8, 4) is 0 Å². The Balaban J connectivity index is 2.04. The Labute approximate surface area is 120 Å². The van der Waals surface area contributed by atoms with E-state index in [9.17, 15) is 5.11 Å². The highest BCUT2D eigenvalue weighted by Crippen LogP contribution is 2.26. The molecule has 0 radical (unpaired) electrons. The van der Waals surface area contributed by atoms with Crippen LogP contribution in [-0.4, -0.2) is 5.11 Å². The van der Waals surface area contributed by atoms with E-state index in [-0.39, 0.29) is 6.10 Å². The first-order valence-corrected chi connectivity index (χ1v) is 7.65. The van der Waals surface area contributed by atoms with E-state index in [1.165, 1.54) is 14.7 Å².